The Morgan fingerprint density at radius 3 is 2.50 bits per heavy atom. The van der Waals surface area contributed by atoms with Gasteiger partial charge in [-0.1, -0.05) is 18.2 Å². The lowest BCUT2D eigenvalue weighted by Crippen LogP contribution is -2.28. The van der Waals surface area contributed by atoms with E-state index in [-0.39, 0.29) is 0 Å². The third kappa shape index (κ3) is 7.52. The summed E-state index contributed by atoms with van der Waals surface area (Å²) in [6, 6.07) is 17.9. The van der Waals surface area contributed by atoms with Gasteiger partial charge in [0, 0.05) is 41.8 Å². The molecule has 2 N–H and O–H groups in total. The van der Waals surface area contributed by atoms with Crippen LogP contribution in [0.2, 0.25) is 0 Å². The number of carbonyl (C=O) groups is 2. The lowest BCUT2D eigenvalue weighted by molar-refractivity contribution is -0.201. The van der Waals surface area contributed by atoms with Crippen LogP contribution in [0.1, 0.15) is 36.8 Å². The molecule has 0 bridgehead atoms. The zero-order valence-corrected chi connectivity index (χ0v) is 21.7. The van der Waals surface area contributed by atoms with E-state index < -0.39 is 30.5 Å². The number of benzene rings is 2. The van der Waals surface area contributed by atoms with Crippen molar-refractivity contribution in [3.63, 3.8) is 0 Å². The molecular formula is C29H28F3N3O5. The largest absolute Gasteiger partial charge is 0.494 e. The molecule has 0 saturated carbocycles. The van der Waals surface area contributed by atoms with Crippen molar-refractivity contribution >= 4 is 28.7 Å². The number of halogens is 3. The van der Waals surface area contributed by atoms with Crippen molar-refractivity contribution in [3.05, 3.63) is 84.2 Å². The third-order valence-electron chi connectivity index (χ3n) is 6.02. The topological polar surface area (TPSA) is 103 Å². The first-order chi connectivity index (χ1) is 19.2. The number of pyridine rings is 1. The standard InChI is InChI=1S/C29H28F3N3O5/c1-2-38-20-9-7-19(8-10-20)23(17-27(36)40-28(37)29(30,31)32)24-18-35-25-16-21(11-12-22(24)25)39-15-5-14-34-26-6-3-4-13-33-26/h3-4,6-13,16,18,23,35H,2,5,14-15,17H2,1H3,(H,33,34). The van der Waals surface area contributed by atoms with Gasteiger partial charge in [-0.3, -0.25) is 4.79 Å². The van der Waals surface area contributed by atoms with E-state index in [2.05, 4.69) is 20.0 Å². The number of nitrogens with one attached hydrogen (secondary N) is 2. The van der Waals surface area contributed by atoms with Crippen LogP contribution >= 0.6 is 0 Å². The first-order valence-electron chi connectivity index (χ1n) is 12.7. The SMILES string of the molecule is CCOc1ccc(C(CC(=O)OC(=O)C(F)(F)F)c2c[nH]c3cc(OCCCNc4ccccn4)ccc23)cc1. The maximum Gasteiger partial charge on any atom is 0.491 e. The number of hydrogen-bond acceptors (Lipinski definition) is 7. The number of ether oxygens (including phenoxy) is 3. The number of carbonyl (C=O) groups excluding carboxylic acids is 2. The molecule has 8 nitrogen and oxygen atoms in total. The van der Waals surface area contributed by atoms with Crippen LogP contribution in [0.25, 0.3) is 10.9 Å². The van der Waals surface area contributed by atoms with Crippen molar-refractivity contribution in [3.8, 4) is 11.5 Å². The molecule has 1 unspecified atom stereocenters. The first-order valence-corrected chi connectivity index (χ1v) is 12.7. The van der Waals surface area contributed by atoms with E-state index in [1.807, 2.05) is 37.3 Å². The first kappa shape index (κ1) is 28.5. The van der Waals surface area contributed by atoms with Crippen LogP contribution in [0.15, 0.2) is 73.1 Å². The number of nitrogens with zero attached hydrogens (tertiary/aromatic N) is 1. The van der Waals surface area contributed by atoms with Crippen molar-refractivity contribution in [2.75, 3.05) is 25.1 Å². The minimum absolute atomic E-state index is 0.461. The number of hydrogen-bond donors (Lipinski definition) is 2. The van der Waals surface area contributed by atoms with E-state index in [0.717, 1.165) is 23.1 Å². The van der Waals surface area contributed by atoms with E-state index in [4.69, 9.17) is 9.47 Å². The summed E-state index contributed by atoms with van der Waals surface area (Å²) < 4.78 is 53.4. The number of H-pyrrole nitrogens is 1. The highest BCUT2D eigenvalue weighted by atomic mass is 19.4. The number of aromatic nitrogens is 2. The van der Waals surface area contributed by atoms with Crippen molar-refractivity contribution < 1.29 is 37.0 Å². The Morgan fingerprint density at radius 2 is 1.80 bits per heavy atom. The average molecular weight is 556 g/mol. The quantitative estimate of drug-likeness (QED) is 0.126. The molecule has 2 heterocycles. The maximum atomic E-state index is 12.7. The van der Waals surface area contributed by atoms with Crippen molar-refractivity contribution in [1.29, 1.82) is 0 Å². The van der Waals surface area contributed by atoms with Gasteiger partial charge < -0.3 is 24.5 Å². The molecule has 40 heavy (non-hydrogen) atoms. The summed E-state index contributed by atoms with van der Waals surface area (Å²) in [5.41, 5.74) is 2.01. The molecule has 0 spiro atoms. The molecule has 0 fully saturated rings. The van der Waals surface area contributed by atoms with Crippen LogP contribution in [-0.2, 0) is 14.3 Å². The summed E-state index contributed by atoms with van der Waals surface area (Å²) in [6.45, 7) is 3.45. The van der Waals surface area contributed by atoms with Crippen molar-refractivity contribution in [2.24, 2.45) is 0 Å². The molecule has 4 aromatic rings. The van der Waals surface area contributed by atoms with Crippen LogP contribution < -0.4 is 14.8 Å². The van der Waals surface area contributed by atoms with Gasteiger partial charge in [0.2, 0.25) is 0 Å². The number of alkyl halides is 3. The van der Waals surface area contributed by atoms with Gasteiger partial charge in [0.05, 0.1) is 19.6 Å². The smallest absolute Gasteiger partial charge is 0.491 e. The van der Waals surface area contributed by atoms with Gasteiger partial charge in [-0.25, -0.2) is 9.78 Å². The second-order valence-electron chi connectivity index (χ2n) is 8.81. The average Bonchev–Trinajstić information content (AvgIpc) is 3.35. The highest BCUT2D eigenvalue weighted by Gasteiger charge is 2.42. The third-order valence-corrected chi connectivity index (χ3v) is 6.02. The van der Waals surface area contributed by atoms with Gasteiger partial charge >= 0.3 is 18.1 Å². The summed E-state index contributed by atoms with van der Waals surface area (Å²) >= 11 is 0. The van der Waals surface area contributed by atoms with Gasteiger partial charge in [-0.05, 0) is 60.9 Å². The molecule has 0 saturated heterocycles. The van der Waals surface area contributed by atoms with Gasteiger partial charge in [0.25, 0.3) is 0 Å². The molecule has 11 heteroatoms. The Bertz CT molecular complexity index is 1420. The molecule has 0 aliphatic heterocycles. The number of aromatic amines is 1. The zero-order valence-electron chi connectivity index (χ0n) is 21.7. The monoisotopic (exact) mass is 555 g/mol. The predicted octanol–water partition coefficient (Wildman–Crippen LogP) is 6.00. The van der Waals surface area contributed by atoms with Gasteiger partial charge in [0.1, 0.15) is 17.3 Å². The van der Waals surface area contributed by atoms with Crippen LogP contribution in [0, 0.1) is 0 Å². The summed E-state index contributed by atoms with van der Waals surface area (Å²) in [5, 5.41) is 3.96. The molecule has 4 rings (SSSR count). The van der Waals surface area contributed by atoms with Gasteiger partial charge in [-0.2, -0.15) is 13.2 Å². The highest BCUT2D eigenvalue weighted by molar-refractivity contribution is 5.90. The van der Waals surface area contributed by atoms with Crippen LogP contribution in [0.5, 0.6) is 11.5 Å². The Kier molecular flexibility index (Phi) is 9.26. The summed E-state index contributed by atoms with van der Waals surface area (Å²) in [4.78, 5) is 31.0. The normalized spacial score (nSPS) is 12.1. The molecule has 0 amide bonds. The van der Waals surface area contributed by atoms with Crippen LogP contribution in [0.3, 0.4) is 0 Å². The number of fused-ring (bicyclic) bond motifs is 1. The minimum Gasteiger partial charge on any atom is -0.494 e. The van der Waals surface area contributed by atoms with Crippen LogP contribution in [0.4, 0.5) is 19.0 Å². The van der Waals surface area contributed by atoms with E-state index >= 15 is 0 Å². The number of rotatable bonds is 12. The molecule has 210 valence electrons. The summed E-state index contributed by atoms with van der Waals surface area (Å²) in [5.74, 6) is -2.49. The Balaban J connectivity index is 1.48. The molecule has 0 aliphatic rings. The van der Waals surface area contributed by atoms with E-state index in [1.54, 1.807) is 42.7 Å². The lowest BCUT2D eigenvalue weighted by atomic mass is 9.88. The fourth-order valence-corrected chi connectivity index (χ4v) is 4.19. The Hall–Kier alpha value is -4.54. The number of esters is 2. The molecule has 0 radical (unpaired) electrons. The number of anilines is 1. The van der Waals surface area contributed by atoms with Gasteiger partial charge in [-0.15, -0.1) is 0 Å². The Labute approximate surface area is 228 Å². The highest BCUT2D eigenvalue weighted by Crippen LogP contribution is 2.36. The van der Waals surface area contributed by atoms with E-state index in [0.29, 0.717) is 42.4 Å². The minimum atomic E-state index is -5.27. The molecule has 2 aromatic heterocycles. The second-order valence-corrected chi connectivity index (χ2v) is 8.81. The van der Waals surface area contributed by atoms with Crippen molar-refractivity contribution in [1.82, 2.24) is 9.97 Å². The summed E-state index contributed by atoms with van der Waals surface area (Å²) in [6.07, 6.45) is -1.61. The maximum absolute atomic E-state index is 12.7. The predicted molar refractivity (Wildman–Crippen MR) is 142 cm³/mol. The van der Waals surface area contributed by atoms with Crippen LogP contribution in [-0.4, -0.2) is 47.8 Å². The van der Waals surface area contributed by atoms with Crippen molar-refractivity contribution in [2.45, 2.75) is 31.9 Å². The van der Waals surface area contributed by atoms with Gasteiger partial charge in [0.15, 0.2) is 0 Å². The summed E-state index contributed by atoms with van der Waals surface area (Å²) in [7, 11) is 0. The second kappa shape index (κ2) is 13.0. The fraction of sp³-hybridized carbons (Fsp3) is 0.276. The Morgan fingerprint density at radius 1 is 1.02 bits per heavy atom. The van der Waals surface area contributed by atoms with E-state index in [1.165, 1.54) is 0 Å². The molecule has 2 aromatic carbocycles. The molecule has 0 aliphatic carbocycles. The molecular weight excluding hydrogens is 527 g/mol. The molecule has 1 atom stereocenters. The fourth-order valence-electron chi connectivity index (χ4n) is 4.19. The van der Waals surface area contributed by atoms with E-state index in [9.17, 15) is 22.8 Å². The zero-order chi connectivity index (χ0) is 28.5. The lowest BCUT2D eigenvalue weighted by Gasteiger charge is -2.17.